The Morgan fingerprint density at radius 1 is 1.00 bits per heavy atom. The molecular weight excluding hydrogens is 678 g/mol. The molecule has 4 rings (SSSR count). The van der Waals surface area contributed by atoms with Gasteiger partial charge in [-0.3, -0.25) is 14.5 Å². The second-order valence-corrected chi connectivity index (χ2v) is 11.9. The Kier molecular flexibility index (Phi) is 15.2. The summed E-state index contributed by atoms with van der Waals surface area (Å²) in [5, 5.41) is 17.0. The van der Waals surface area contributed by atoms with Gasteiger partial charge in [-0.1, -0.05) is 24.3 Å². The van der Waals surface area contributed by atoms with Gasteiger partial charge in [-0.05, 0) is 37.3 Å². The Balaban J connectivity index is 0.000000479. The van der Waals surface area contributed by atoms with E-state index >= 15 is 0 Å². The van der Waals surface area contributed by atoms with Gasteiger partial charge in [0.05, 0.1) is 37.0 Å². The van der Waals surface area contributed by atoms with Crippen molar-refractivity contribution in [3.63, 3.8) is 0 Å². The number of likely N-dealkylation sites (tertiary alicyclic amines) is 1. The maximum atomic E-state index is 12.9. The number of nitrogens with zero attached hydrogens (tertiary/aromatic N) is 3. The zero-order valence-electron chi connectivity index (χ0n) is 25.8. The molecule has 19 heteroatoms. The van der Waals surface area contributed by atoms with Crippen molar-refractivity contribution in [1.29, 1.82) is 0 Å². The molecule has 2 amide bonds. The quantitative estimate of drug-likeness (QED) is 0.257. The van der Waals surface area contributed by atoms with E-state index in [9.17, 15) is 35.9 Å². The predicted octanol–water partition coefficient (Wildman–Crippen LogP) is 3.66. The fraction of sp³-hybridized carbons (Fsp3) is 0.552. The fourth-order valence-corrected chi connectivity index (χ4v) is 5.26. The summed E-state index contributed by atoms with van der Waals surface area (Å²) < 4.78 is 75.2. The van der Waals surface area contributed by atoms with Crippen LogP contribution in [0.3, 0.4) is 0 Å². The number of rotatable bonds is 9. The Labute approximate surface area is 275 Å². The average Bonchev–Trinajstić information content (AvgIpc) is 3.44. The molecule has 0 bridgehead atoms. The van der Waals surface area contributed by atoms with E-state index in [1.165, 1.54) is 22.5 Å². The predicted molar refractivity (Wildman–Crippen MR) is 158 cm³/mol. The Bertz CT molecular complexity index is 1360. The van der Waals surface area contributed by atoms with E-state index < -0.39 is 24.3 Å². The molecule has 0 aliphatic carbocycles. The van der Waals surface area contributed by atoms with Crippen molar-refractivity contribution < 1.29 is 65.2 Å². The first-order valence-electron chi connectivity index (χ1n) is 14.4. The number of piperidine rings is 1. The van der Waals surface area contributed by atoms with Crippen molar-refractivity contribution in [1.82, 2.24) is 14.8 Å². The van der Waals surface area contributed by atoms with E-state index in [0.717, 1.165) is 43.9 Å². The van der Waals surface area contributed by atoms with Gasteiger partial charge in [0.1, 0.15) is 5.69 Å². The van der Waals surface area contributed by atoms with Crippen molar-refractivity contribution in [3.8, 4) is 0 Å². The van der Waals surface area contributed by atoms with Gasteiger partial charge < -0.3 is 30.3 Å². The van der Waals surface area contributed by atoms with Gasteiger partial charge in [0.2, 0.25) is 5.91 Å². The number of aliphatic carboxylic acids is 2. The Morgan fingerprint density at radius 3 is 2.10 bits per heavy atom. The lowest BCUT2D eigenvalue weighted by molar-refractivity contribution is -0.193. The minimum atomic E-state index is -5.08. The van der Waals surface area contributed by atoms with Crippen LogP contribution < -0.4 is 5.73 Å². The molecule has 1 aromatic heterocycles. The van der Waals surface area contributed by atoms with Gasteiger partial charge in [0.15, 0.2) is 0 Å². The summed E-state index contributed by atoms with van der Waals surface area (Å²) in [6.07, 6.45) is -7.26. The topological polar surface area (TPSA) is 173 Å². The van der Waals surface area contributed by atoms with Gasteiger partial charge in [0.25, 0.3) is 5.91 Å². The zero-order valence-corrected chi connectivity index (χ0v) is 26.6. The standard InChI is InChI=1S/C25H34N4O4S.2C2HF3O2/c1-19-27-22(17-34-19)24(31)29-11-14-33-25(18-29)7-9-28(10-8-25)16-21-4-2-3-20(15-21)5-12-32-13-6-23(26)30;2*3-2(4,5)1(6)7/h2-4,15,17H,5-14,16,18H2,1H3,(H2,26,30);2*(H,6,7). The minimum absolute atomic E-state index is 0.0184. The molecule has 2 aliphatic heterocycles. The van der Waals surface area contributed by atoms with Gasteiger partial charge in [0, 0.05) is 38.0 Å². The Hall–Kier alpha value is -3.81. The summed E-state index contributed by atoms with van der Waals surface area (Å²) in [6.45, 7) is 7.51. The zero-order chi connectivity index (χ0) is 36.1. The number of aromatic nitrogens is 1. The molecule has 4 N–H and O–H groups in total. The number of halogens is 6. The van der Waals surface area contributed by atoms with Crippen molar-refractivity contribution in [2.24, 2.45) is 5.73 Å². The number of benzene rings is 1. The summed E-state index contributed by atoms with van der Waals surface area (Å²) in [5.74, 6) is -5.83. The third-order valence-corrected chi connectivity index (χ3v) is 7.83. The molecule has 2 aromatic rings. The number of hydrogen-bond acceptors (Lipinski definition) is 9. The van der Waals surface area contributed by atoms with Crippen LogP contribution in [0.15, 0.2) is 29.6 Å². The number of alkyl halides is 6. The molecular formula is C29H36F6N4O8S. The second-order valence-electron chi connectivity index (χ2n) is 10.8. The highest BCUT2D eigenvalue weighted by Crippen LogP contribution is 2.31. The number of carboxylic acids is 2. The number of ether oxygens (including phenoxy) is 2. The smallest absolute Gasteiger partial charge is 0.475 e. The maximum Gasteiger partial charge on any atom is 0.490 e. The first-order valence-corrected chi connectivity index (χ1v) is 15.3. The monoisotopic (exact) mass is 714 g/mol. The van der Waals surface area contributed by atoms with Crippen molar-refractivity contribution in [3.05, 3.63) is 51.5 Å². The number of nitrogens with two attached hydrogens (primary N) is 1. The van der Waals surface area contributed by atoms with Crippen LogP contribution in [0.25, 0.3) is 0 Å². The van der Waals surface area contributed by atoms with Crippen LogP contribution in [-0.2, 0) is 36.8 Å². The van der Waals surface area contributed by atoms with E-state index in [4.69, 9.17) is 35.0 Å². The first-order chi connectivity index (χ1) is 22.3. The molecule has 48 heavy (non-hydrogen) atoms. The van der Waals surface area contributed by atoms with Gasteiger partial charge >= 0.3 is 24.3 Å². The fourth-order valence-electron chi connectivity index (χ4n) is 4.67. The number of primary amides is 1. The van der Waals surface area contributed by atoms with Gasteiger partial charge in [-0.2, -0.15) is 26.3 Å². The number of carbonyl (C=O) groups excluding carboxylic acids is 2. The number of carboxylic acid groups (broad SMARTS) is 2. The third kappa shape index (κ3) is 14.1. The van der Waals surface area contributed by atoms with E-state index in [2.05, 4.69) is 34.1 Å². The van der Waals surface area contributed by atoms with Crippen LogP contribution >= 0.6 is 11.3 Å². The van der Waals surface area contributed by atoms with Gasteiger partial charge in [-0.15, -0.1) is 11.3 Å². The lowest BCUT2D eigenvalue weighted by atomic mass is 9.89. The second kappa shape index (κ2) is 18.1. The molecule has 1 aromatic carbocycles. The van der Waals surface area contributed by atoms with Crippen molar-refractivity contribution in [2.45, 2.75) is 57.1 Å². The molecule has 2 fully saturated rings. The van der Waals surface area contributed by atoms with Crippen LogP contribution in [0, 0.1) is 6.92 Å². The molecule has 12 nitrogen and oxygen atoms in total. The number of amides is 2. The van der Waals surface area contributed by atoms with Crippen molar-refractivity contribution >= 4 is 35.1 Å². The van der Waals surface area contributed by atoms with E-state index in [-0.39, 0.29) is 23.8 Å². The van der Waals surface area contributed by atoms with Crippen LogP contribution in [0.4, 0.5) is 26.3 Å². The number of morpholine rings is 1. The number of carbonyl (C=O) groups is 4. The molecule has 1 spiro atoms. The van der Waals surface area contributed by atoms with E-state index in [1.807, 2.05) is 17.2 Å². The van der Waals surface area contributed by atoms with E-state index in [0.29, 0.717) is 38.6 Å². The molecule has 2 saturated heterocycles. The van der Waals surface area contributed by atoms with Gasteiger partial charge in [-0.25, -0.2) is 14.6 Å². The highest BCUT2D eigenvalue weighted by Gasteiger charge is 2.41. The number of thiazole rings is 1. The molecule has 3 heterocycles. The highest BCUT2D eigenvalue weighted by atomic mass is 32.1. The van der Waals surface area contributed by atoms with Crippen LogP contribution in [0.2, 0.25) is 0 Å². The molecule has 0 saturated carbocycles. The summed E-state index contributed by atoms with van der Waals surface area (Å²) in [4.78, 5) is 50.2. The number of aryl methyl sites for hydroxylation is 1. The SMILES string of the molecule is Cc1nc(C(=O)N2CCOC3(CCN(Cc4cccc(CCOCCC(N)=O)c4)CC3)C2)cs1.O=C(O)C(F)(F)F.O=C(O)C(F)(F)F. The molecule has 0 atom stereocenters. The molecule has 0 radical (unpaired) electrons. The molecule has 268 valence electrons. The third-order valence-electron chi connectivity index (χ3n) is 7.05. The van der Waals surface area contributed by atoms with Crippen LogP contribution in [0.5, 0.6) is 0 Å². The summed E-state index contributed by atoms with van der Waals surface area (Å²) in [5.41, 5.74) is 7.95. The lowest BCUT2D eigenvalue weighted by Gasteiger charge is -2.47. The summed E-state index contributed by atoms with van der Waals surface area (Å²) >= 11 is 1.51. The minimum Gasteiger partial charge on any atom is -0.475 e. The van der Waals surface area contributed by atoms with Crippen LogP contribution in [-0.4, -0.2) is 113 Å². The van der Waals surface area contributed by atoms with E-state index in [1.54, 1.807) is 0 Å². The Morgan fingerprint density at radius 2 is 1.58 bits per heavy atom. The summed E-state index contributed by atoms with van der Waals surface area (Å²) in [6, 6.07) is 8.59. The largest absolute Gasteiger partial charge is 0.490 e. The molecule has 2 aliphatic rings. The average molecular weight is 715 g/mol. The number of hydrogen-bond donors (Lipinski definition) is 3. The first kappa shape index (κ1) is 40.4. The van der Waals surface area contributed by atoms with Crippen molar-refractivity contribution in [2.75, 3.05) is 46.0 Å². The van der Waals surface area contributed by atoms with Crippen LogP contribution in [0.1, 0.15) is 45.9 Å². The normalized spacial score (nSPS) is 16.3. The highest BCUT2D eigenvalue weighted by molar-refractivity contribution is 7.09. The maximum absolute atomic E-state index is 12.9. The lowest BCUT2D eigenvalue weighted by Crippen LogP contribution is -2.58. The molecule has 0 unspecified atom stereocenters. The summed E-state index contributed by atoms with van der Waals surface area (Å²) in [7, 11) is 0.